The van der Waals surface area contributed by atoms with Gasteiger partial charge in [-0.15, -0.1) is 0 Å². The van der Waals surface area contributed by atoms with Crippen LogP contribution in [0.5, 0.6) is 5.75 Å². The van der Waals surface area contributed by atoms with Crippen LogP contribution in [-0.4, -0.2) is 83.5 Å². The van der Waals surface area contributed by atoms with Gasteiger partial charge in [-0.2, -0.15) is 4.98 Å². The lowest BCUT2D eigenvalue weighted by atomic mass is 10.1. The fourth-order valence-electron chi connectivity index (χ4n) is 4.13. The maximum absolute atomic E-state index is 13.0. The smallest absolute Gasteiger partial charge is 0.254 e. The van der Waals surface area contributed by atoms with E-state index in [1.807, 2.05) is 11.0 Å². The SMILES string of the molecule is COc1cccc(C(=O)N2CCCC2c2noc(CCC(=O)N3CCN(C)CC3)n2)c1. The number of hydrogen-bond acceptors (Lipinski definition) is 7. The van der Waals surface area contributed by atoms with E-state index in [2.05, 4.69) is 22.1 Å². The van der Waals surface area contributed by atoms with Crippen LogP contribution in [0, 0.1) is 0 Å². The third-order valence-corrected chi connectivity index (χ3v) is 6.02. The molecule has 1 unspecified atom stereocenters. The monoisotopic (exact) mass is 427 g/mol. The quantitative estimate of drug-likeness (QED) is 0.694. The Labute approximate surface area is 181 Å². The number of amides is 2. The lowest BCUT2D eigenvalue weighted by Gasteiger charge is -2.32. The Kier molecular flexibility index (Phi) is 6.50. The zero-order valence-electron chi connectivity index (χ0n) is 18.1. The molecule has 0 saturated carbocycles. The van der Waals surface area contributed by atoms with Crippen LogP contribution < -0.4 is 4.74 Å². The molecule has 9 heteroatoms. The van der Waals surface area contributed by atoms with Crippen molar-refractivity contribution in [1.29, 1.82) is 0 Å². The number of likely N-dealkylation sites (N-methyl/N-ethyl adjacent to an activating group) is 1. The second kappa shape index (κ2) is 9.47. The van der Waals surface area contributed by atoms with Crippen molar-refractivity contribution >= 4 is 11.8 Å². The summed E-state index contributed by atoms with van der Waals surface area (Å²) in [5.41, 5.74) is 0.577. The van der Waals surface area contributed by atoms with Gasteiger partial charge in [0.1, 0.15) is 5.75 Å². The molecule has 2 aromatic rings. The first-order chi connectivity index (χ1) is 15.0. The zero-order chi connectivity index (χ0) is 21.8. The van der Waals surface area contributed by atoms with Gasteiger partial charge in [-0.1, -0.05) is 11.2 Å². The summed E-state index contributed by atoms with van der Waals surface area (Å²) in [5, 5.41) is 4.12. The number of aryl methyl sites for hydroxylation is 1. The molecule has 0 bridgehead atoms. The summed E-state index contributed by atoms with van der Waals surface area (Å²) in [4.78, 5) is 35.9. The number of ether oxygens (including phenoxy) is 1. The van der Waals surface area contributed by atoms with Gasteiger partial charge in [0.25, 0.3) is 5.91 Å². The molecule has 0 aliphatic carbocycles. The molecule has 0 spiro atoms. The minimum atomic E-state index is -0.218. The van der Waals surface area contributed by atoms with Crippen LogP contribution in [0.3, 0.4) is 0 Å². The highest BCUT2D eigenvalue weighted by atomic mass is 16.5. The molecule has 1 aromatic carbocycles. The molecule has 3 heterocycles. The van der Waals surface area contributed by atoms with Crippen LogP contribution in [-0.2, 0) is 11.2 Å². The molecular weight excluding hydrogens is 398 g/mol. The van der Waals surface area contributed by atoms with Crippen LogP contribution in [0.25, 0.3) is 0 Å². The van der Waals surface area contributed by atoms with E-state index in [1.54, 1.807) is 30.2 Å². The number of aromatic nitrogens is 2. The molecule has 2 aliphatic heterocycles. The average molecular weight is 428 g/mol. The Hall–Kier alpha value is -2.94. The van der Waals surface area contributed by atoms with Gasteiger partial charge >= 0.3 is 0 Å². The summed E-state index contributed by atoms with van der Waals surface area (Å²) < 4.78 is 10.6. The van der Waals surface area contributed by atoms with Crippen molar-refractivity contribution in [3.63, 3.8) is 0 Å². The Bertz CT molecular complexity index is 922. The summed E-state index contributed by atoms with van der Waals surface area (Å²) in [6, 6.07) is 6.92. The number of benzene rings is 1. The highest BCUT2D eigenvalue weighted by Crippen LogP contribution is 2.32. The van der Waals surface area contributed by atoms with E-state index < -0.39 is 0 Å². The van der Waals surface area contributed by atoms with Crippen molar-refractivity contribution in [3.05, 3.63) is 41.5 Å². The molecule has 2 fully saturated rings. The van der Waals surface area contributed by atoms with Crippen LogP contribution in [0.1, 0.15) is 47.4 Å². The first-order valence-corrected chi connectivity index (χ1v) is 10.8. The Morgan fingerprint density at radius 1 is 1.19 bits per heavy atom. The van der Waals surface area contributed by atoms with Gasteiger partial charge in [0.05, 0.1) is 13.2 Å². The standard InChI is InChI=1S/C22H29N5O4/c1-25-11-13-26(14-12-25)20(28)9-8-19-23-21(24-31-19)18-7-4-10-27(18)22(29)16-5-3-6-17(15-16)30-2/h3,5-6,15,18H,4,7-14H2,1-2H3. The highest BCUT2D eigenvalue weighted by Gasteiger charge is 2.34. The summed E-state index contributed by atoms with van der Waals surface area (Å²) in [7, 11) is 3.64. The Morgan fingerprint density at radius 3 is 2.77 bits per heavy atom. The van der Waals surface area contributed by atoms with Crippen molar-refractivity contribution in [1.82, 2.24) is 24.8 Å². The van der Waals surface area contributed by atoms with Crippen LogP contribution in [0.4, 0.5) is 0 Å². The second-order valence-corrected chi connectivity index (χ2v) is 8.12. The number of hydrogen-bond donors (Lipinski definition) is 0. The fraction of sp³-hybridized carbons (Fsp3) is 0.545. The van der Waals surface area contributed by atoms with E-state index >= 15 is 0 Å². The molecular formula is C22H29N5O4. The van der Waals surface area contributed by atoms with E-state index in [9.17, 15) is 9.59 Å². The molecule has 31 heavy (non-hydrogen) atoms. The number of carbonyl (C=O) groups excluding carboxylic acids is 2. The van der Waals surface area contributed by atoms with Gasteiger partial charge in [0, 0.05) is 51.1 Å². The number of carbonyl (C=O) groups is 2. The first kappa shape index (κ1) is 21.3. The Balaban J connectivity index is 1.37. The molecule has 1 atom stereocenters. The molecule has 166 valence electrons. The lowest BCUT2D eigenvalue weighted by Crippen LogP contribution is -2.47. The fourth-order valence-corrected chi connectivity index (χ4v) is 4.13. The predicted molar refractivity (Wildman–Crippen MR) is 113 cm³/mol. The molecule has 1 aromatic heterocycles. The van der Waals surface area contributed by atoms with Crippen molar-refractivity contribution in [2.45, 2.75) is 31.7 Å². The minimum Gasteiger partial charge on any atom is -0.497 e. The maximum atomic E-state index is 13.0. The lowest BCUT2D eigenvalue weighted by molar-refractivity contribution is -0.132. The predicted octanol–water partition coefficient (Wildman–Crippen LogP) is 1.76. The first-order valence-electron chi connectivity index (χ1n) is 10.8. The number of methoxy groups -OCH3 is 1. The number of nitrogens with zero attached hydrogens (tertiary/aromatic N) is 5. The van der Waals surface area contributed by atoms with Crippen molar-refractivity contribution in [2.24, 2.45) is 0 Å². The van der Waals surface area contributed by atoms with Gasteiger partial charge in [-0.25, -0.2) is 0 Å². The molecule has 2 amide bonds. The van der Waals surface area contributed by atoms with Gasteiger partial charge in [-0.05, 0) is 38.1 Å². The number of piperazine rings is 1. The van der Waals surface area contributed by atoms with E-state index in [0.29, 0.717) is 42.4 Å². The molecule has 0 N–H and O–H groups in total. The van der Waals surface area contributed by atoms with Crippen molar-refractivity contribution in [2.75, 3.05) is 46.9 Å². The van der Waals surface area contributed by atoms with Crippen molar-refractivity contribution < 1.29 is 18.8 Å². The Morgan fingerprint density at radius 2 is 2.00 bits per heavy atom. The third kappa shape index (κ3) is 4.87. The van der Waals surface area contributed by atoms with E-state index in [-0.39, 0.29) is 17.9 Å². The number of rotatable bonds is 6. The number of likely N-dealkylation sites (tertiary alicyclic amines) is 1. The normalized spacial score (nSPS) is 19.6. The molecule has 0 radical (unpaired) electrons. The van der Waals surface area contributed by atoms with E-state index in [1.165, 1.54) is 0 Å². The zero-order valence-corrected chi connectivity index (χ0v) is 18.1. The second-order valence-electron chi connectivity index (χ2n) is 8.12. The largest absolute Gasteiger partial charge is 0.497 e. The maximum Gasteiger partial charge on any atom is 0.254 e. The molecule has 4 rings (SSSR count). The van der Waals surface area contributed by atoms with Crippen LogP contribution >= 0.6 is 0 Å². The van der Waals surface area contributed by atoms with Gasteiger partial charge in [-0.3, -0.25) is 9.59 Å². The van der Waals surface area contributed by atoms with Crippen molar-refractivity contribution in [3.8, 4) is 5.75 Å². The molecule has 2 saturated heterocycles. The third-order valence-electron chi connectivity index (χ3n) is 6.02. The van der Waals surface area contributed by atoms with Crippen LogP contribution in [0.15, 0.2) is 28.8 Å². The van der Waals surface area contributed by atoms with Gasteiger partial charge in [0.2, 0.25) is 11.8 Å². The highest BCUT2D eigenvalue weighted by molar-refractivity contribution is 5.95. The molecule has 2 aliphatic rings. The van der Waals surface area contributed by atoms with Gasteiger partial charge < -0.3 is 24.0 Å². The topological polar surface area (TPSA) is 92.0 Å². The summed E-state index contributed by atoms with van der Waals surface area (Å²) in [6.45, 7) is 3.96. The van der Waals surface area contributed by atoms with Crippen LogP contribution in [0.2, 0.25) is 0 Å². The average Bonchev–Trinajstić information content (AvgIpc) is 3.47. The summed E-state index contributed by atoms with van der Waals surface area (Å²) >= 11 is 0. The summed E-state index contributed by atoms with van der Waals surface area (Å²) in [5.74, 6) is 1.64. The summed E-state index contributed by atoms with van der Waals surface area (Å²) in [6.07, 6.45) is 2.43. The van der Waals surface area contributed by atoms with E-state index in [4.69, 9.17) is 9.26 Å². The van der Waals surface area contributed by atoms with E-state index in [0.717, 1.165) is 39.0 Å². The minimum absolute atomic E-state index is 0.0713. The molecule has 9 nitrogen and oxygen atoms in total. The van der Waals surface area contributed by atoms with Gasteiger partial charge in [0.15, 0.2) is 5.82 Å².